The molecule has 248 valence electrons. The zero-order chi connectivity index (χ0) is 33.1. The van der Waals surface area contributed by atoms with E-state index in [1.807, 2.05) is 52.2 Å². The molecule has 2 aromatic carbocycles. The highest BCUT2D eigenvalue weighted by atomic mass is 32.2. The number of nitrogens with zero attached hydrogens (tertiary/aromatic N) is 4. The van der Waals surface area contributed by atoms with Gasteiger partial charge in [0.15, 0.2) is 0 Å². The molecule has 0 saturated carbocycles. The number of fused-ring (bicyclic) bond motifs is 1. The summed E-state index contributed by atoms with van der Waals surface area (Å²) >= 11 is 1.85. The standard InChI is InChI=1S/C35H47N5O4S2/c1-26-24-29(44-6)25-27(2)34(26)46(42,43)36-30-11-7-10-28-13-19-40(33(28)30)20-14-32(41)38(5)17-9-18-39-21-15-35(16-22-39,37(3)4)31-12-8-23-45-31/h7-8,10-13,19,23-25,36H,9,14-18,20-22H2,1-6H3. The topological polar surface area (TPSA) is 87.1 Å². The highest BCUT2D eigenvalue weighted by Crippen LogP contribution is 2.39. The number of carbonyl (C=O) groups excluding carboxylic acids is 1. The van der Waals surface area contributed by atoms with E-state index in [1.54, 1.807) is 39.2 Å². The quantitative estimate of drug-likeness (QED) is 0.191. The number of hydrogen-bond donors (Lipinski definition) is 1. The molecule has 0 atom stereocenters. The number of nitrogens with one attached hydrogen (secondary N) is 1. The lowest BCUT2D eigenvalue weighted by Crippen LogP contribution is -2.50. The summed E-state index contributed by atoms with van der Waals surface area (Å²) in [5.41, 5.74) is 2.58. The minimum Gasteiger partial charge on any atom is -0.497 e. The molecule has 3 heterocycles. The minimum atomic E-state index is -3.87. The molecule has 0 spiro atoms. The molecule has 1 aliphatic rings. The van der Waals surface area contributed by atoms with Crippen molar-refractivity contribution in [2.75, 3.05) is 59.2 Å². The molecule has 0 aliphatic carbocycles. The number of amides is 1. The smallest absolute Gasteiger partial charge is 0.262 e. The number of carbonyl (C=O) groups is 1. The van der Waals surface area contributed by atoms with Crippen molar-refractivity contribution < 1.29 is 17.9 Å². The maximum atomic E-state index is 13.6. The normalized spacial score (nSPS) is 15.4. The van der Waals surface area contributed by atoms with Crippen molar-refractivity contribution in [3.8, 4) is 5.75 Å². The number of benzene rings is 2. The summed E-state index contributed by atoms with van der Waals surface area (Å²) in [5, 5.41) is 3.08. The Morgan fingerprint density at radius 3 is 2.37 bits per heavy atom. The summed E-state index contributed by atoms with van der Waals surface area (Å²) < 4.78 is 37.2. The van der Waals surface area contributed by atoms with Crippen LogP contribution in [0.3, 0.4) is 0 Å². The number of rotatable bonds is 13. The molecule has 1 saturated heterocycles. The second-order valence-corrected chi connectivity index (χ2v) is 15.2. The monoisotopic (exact) mass is 665 g/mol. The van der Waals surface area contributed by atoms with Crippen LogP contribution in [-0.4, -0.2) is 88.0 Å². The Morgan fingerprint density at radius 1 is 1.02 bits per heavy atom. The Morgan fingerprint density at radius 2 is 1.74 bits per heavy atom. The van der Waals surface area contributed by atoms with Gasteiger partial charge in [0, 0.05) is 56.1 Å². The Hall–Kier alpha value is -3.38. The number of anilines is 1. The Bertz CT molecular complexity index is 1730. The lowest BCUT2D eigenvalue weighted by molar-refractivity contribution is -0.130. The van der Waals surface area contributed by atoms with Crippen molar-refractivity contribution in [1.29, 1.82) is 0 Å². The highest BCUT2D eigenvalue weighted by molar-refractivity contribution is 7.92. The van der Waals surface area contributed by atoms with Gasteiger partial charge in [-0.05, 0) is 101 Å². The Labute approximate surface area is 277 Å². The van der Waals surface area contributed by atoms with Gasteiger partial charge in [-0.1, -0.05) is 18.2 Å². The van der Waals surface area contributed by atoms with Gasteiger partial charge in [0.25, 0.3) is 10.0 Å². The fourth-order valence-corrected chi connectivity index (χ4v) is 9.43. The first kappa shape index (κ1) is 34.0. The van der Waals surface area contributed by atoms with Crippen LogP contribution in [0.15, 0.2) is 65.0 Å². The van der Waals surface area contributed by atoms with Gasteiger partial charge in [0.2, 0.25) is 5.91 Å². The molecule has 0 radical (unpaired) electrons. The maximum absolute atomic E-state index is 13.6. The number of methoxy groups -OCH3 is 1. The summed E-state index contributed by atoms with van der Waals surface area (Å²) in [6, 6.07) is 15.4. The number of sulfonamides is 1. The third-order valence-electron chi connectivity index (χ3n) is 9.45. The number of likely N-dealkylation sites (tertiary alicyclic amines) is 1. The van der Waals surface area contributed by atoms with E-state index in [0.29, 0.717) is 42.1 Å². The van der Waals surface area contributed by atoms with E-state index >= 15 is 0 Å². The maximum Gasteiger partial charge on any atom is 0.262 e. The van der Waals surface area contributed by atoms with Crippen LogP contribution >= 0.6 is 11.3 Å². The number of thiophene rings is 1. The van der Waals surface area contributed by atoms with Crippen LogP contribution in [-0.2, 0) is 26.9 Å². The van der Waals surface area contributed by atoms with Crippen molar-refractivity contribution in [1.82, 2.24) is 19.3 Å². The van der Waals surface area contributed by atoms with E-state index in [0.717, 1.165) is 49.8 Å². The first-order valence-electron chi connectivity index (χ1n) is 15.9. The number of hydrogen-bond acceptors (Lipinski definition) is 7. The number of aryl methyl sites for hydroxylation is 3. The predicted molar refractivity (Wildman–Crippen MR) is 187 cm³/mol. The van der Waals surface area contributed by atoms with Crippen LogP contribution in [0.4, 0.5) is 5.69 Å². The zero-order valence-corrected chi connectivity index (χ0v) is 29.5. The van der Waals surface area contributed by atoms with Crippen LogP contribution in [0.25, 0.3) is 10.9 Å². The molecule has 0 unspecified atom stereocenters. The van der Waals surface area contributed by atoms with Crippen molar-refractivity contribution in [2.45, 2.75) is 56.5 Å². The summed E-state index contributed by atoms with van der Waals surface area (Å²) in [6.07, 6.45) is 5.39. The minimum absolute atomic E-state index is 0.0763. The van der Waals surface area contributed by atoms with E-state index in [-0.39, 0.29) is 16.3 Å². The van der Waals surface area contributed by atoms with Crippen LogP contribution in [0, 0.1) is 13.8 Å². The molecule has 4 aromatic rings. The molecule has 1 N–H and O–H groups in total. The molecule has 1 aliphatic heterocycles. The molecule has 1 amide bonds. The van der Waals surface area contributed by atoms with Gasteiger partial charge >= 0.3 is 0 Å². The number of aromatic nitrogens is 1. The molecule has 5 rings (SSSR count). The number of ether oxygens (including phenoxy) is 1. The van der Waals surface area contributed by atoms with Gasteiger partial charge in [-0.25, -0.2) is 8.42 Å². The molecule has 46 heavy (non-hydrogen) atoms. The lowest BCUT2D eigenvalue weighted by Gasteiger charge is -2.46. The molecule has 2 aromatic heterocycles. The van der Waals surface area contributed by atoms with Gasteiger partial charge in [0.1, 0.15) is 5.75 Å². The fourth-order valence-electron chi connectivity index (χ4n) is 6.85. The average molecular weight is 666 g/mol. The number of piperidine rings is 1. The molecule has 11 heteroatoms. The summed E-state index contributed by atoms with van der Waals surface area (Å²) in [5.74, 6) is 0.694. The summed E-state index contributed by atoms with van der Waals surface area (Å²) in [4.78, 5) is 21.6. The molecule has 0 bridgehead atoms. The van der Waals surface area contributed by atoms with E-state index in [4.69, 9.17) is 4.74 Å². The van der Waals surface area contributed by atoms with Gasteiger partial charge in [0.05, 0.1) is 28.7 Å². The molecule has 1 fully saturated rings. The first-order chi connectivity index (χ1) is 21.9. The predicted octanol–water partition coefficient (Wildman–Crippen LogP) is 5.92. The molecule has 9 nitrogen and oxygen atoms in total. The molecular formula is C35H47N5O4S2. The van der Waals surface area contributed by atoms with Crippen molar-refractivity contribution in [2.24, 2.45) is 0 Å². The van der Waals surface area contributed by atoms with Gasteiger partial charge in [-0.3, -0.25) is 14.4 Å². The van der Waals surface area contributed by atoms with Crippen LogP contribution in [0.5, 0.6) is 5.75 Å². The van der Waals surface area contributed by atoms with Gasteiger partial charge in [-0.15, -0.1) is 11.3 Å². The first-order valence-corrected chi connectivity index (χ1v) is 18.2. The van der Waals surface area contributed by atoms with Gasteiger partial charge < -0.3 is 19.1 Å². The SMILES string of the molecule is COc1cc(C)c(S(=O)(=O)Nc2cccc3ccn(CCC(=O)N(C)CCCN4CCC(c5cccs5)(N(C)C)CC4)c23)c(C)c1. The van der Waals surface area contributed by atoms with Gasteiger partial charge in [-0.2, -0.15) is 0 Å². The largest absolute Gasteiger partial charge is 0.497 e. The second-order valence-electron chi connectivity index (χ2n) is 12.6. The fraction of sp³-hybridized carbons (Fsp3) is 0.457. The molecular weight excluding hydrogens is 619 g/mol. The van der Waals surface area contributed by atoms with E-state index in [9.17, 15) is 13.2 Å². The van der Waals surface area contributed by atoms with E-state index < -0.39 is 10.0 Å². The lowest BCUT2D eigenvalue weighted by atomic mass is 9.84. The Balaban J connectivity index is 1.16. The van der Waals surface area contributed by atoms with Crippen molar-refractivity contribution >= 4 is 43.9 Å². The van der Waals surface area contributed by atoms with Crippen LogP contribution in [0.2, 0.25) is 0 Å². The average Bonchev–Trinajstić information content (AvgIpc) is 3.71. The van der Waals surface area contributed by atoms with Crippen molar-refractivity contribution in [3.05, 3.63) is 76.1 Å². The summed E-state index contributed by atoms with van der Waals surface area (Å²) in [7, 11) is 3.95. The number of para-hydroxylation sites is 1. The van der Waals surface area contributed by atoms with E-state index in [1.165, 1.54) is 4.88 Å². The van der Waals surface area contributed by atoms with Crippen molar-refractivity contribution in [3.63, 3.8) is 0 Å². The van der Waals surface area contributed by atoms with E-state index in [2.05, 4.69) is 46.1 Å². The van der Waals surface area contributed by atoms with Crippen LogP contribution in [0.1, 0.15) is 41.7 Å². The van der Waals surface area contributed by atoms with Crippen LogP contribution < -0.4 is 9.46 Å². The Kier molecular flexibility index (Phi) is 10.5. The zero-order valence-electron chi connectivity index (χ0n) is 27.9. The highest BCUT2D eigenvalue weighted by Gasteiger charge is 2.38. The summed E-state index contributed by atoms with van der Waals surface area (Å²) in [6.45, 7) is 7.78. The third kappa shape index (κ3) is 7.12. The third-order valence-corrected chi connectivity index (χ3v) is 12.2. The second kappa shape index (κ2) is 14.2.